The summed E-state index contributed by atoms with van der Waals surface area (Å²) in [6, 6.07) is 5.15. The van der Waals surface area contributed by atoms with Crippen molar-refractivity contribution in [1.29, 1.82) is 0 Å². The average Bonchev–Trinajstić information content (AvgIpc) is 2.52. The summed E-state index contributed by atoms with van der Waals surface area (Å²) in [5.74, 6) is -0.750. The molecule has 1 aromatic carbocycles. The third-order valence-electron chi connectivity index (χ3n) is 3.54. The van der Waals surface area contributed by atoms with Gasteiger partial charge in [0.1, 0.15) is 6.04 Å². The summed E-state index contributed by atoms with van der Waals surface area (Å²) in [5, 5.41) is 14.3. The molecule has 23 heavy (non-hydrogen) atoms. The normalized spacial score (nSPS) is 11.8. The first-order valence-corrected chi connectivity index (χ1v) is 7.71. The van der Waals surface area contributed by atoms with Crippen LogP contribution in [-0.2, 0) is 27.3 Å². The molecule has 2 amide bonds. The van der Waals surface area contributed by atoms with Crippen LogP contribution in [0.25, 0.3) is 0 Å². The van der Waals surface area contributed by atoms with E-state index in [-0.39, 0.29) is 5.91 Å². The van der Waals surface area contributed by atoms with Crippen LogP contribution in [0.3, 0.4) is 0 Å². The highest BCUT2D eigenvalue weighted by Gasteiger charge is 2.17. The van der Waals surface area contributed by atoms with Crippen molar-refractivity contribution in [3.8, 4) is 0 Å². The number of carbonyl (C=O) groups excluding carboxylic acids is 2. The lowest BCUT2D eigenvalue weighted by Gasteiger charge is -2.15. The highest BCUT2D eigenvalue weighted by molar-refractivity contribution is 5.86. The minimum absolute atomic E-state index is 0.351. The number of rotatable bonds is 9. The Morgan fingerprint density at radius 3 is 2.65 bits per heavy atom. The zero-order valence-corrected chi connectivity index (χ0v) is 14.0. The molecule has 6 nitrogen and oxygen atoms in total. The molecule has 1 unspecified atom stereocenters. The van der Waals surface area contributed by atoms with Crippen molar-refractivity contribution in [3.05, 3.63) is 34.9 Å². The molecule has 0 saturated carbocycles. The molecule has 0 radical (unpaired) electrons. The van der Waals surface area contributed by atoms with Crippen molar-refractivity contribution in [2.24, 2.45) is 0 Å². The largest absolute Gasteiger partial charge is 0.394 e. The fraction of sp³-hybridized carbons (Fsp3) is 0.529. The van der Waals surface area contributed by atoms with Gasteiger partial charge in [-0.1, -0.05) is 18.2 Å². The lowest BCUT2D eigenvalue weighted by molar-refractivity contribution is -0.129. The van der Waals surface area contributed by atoms with Gasteiger partial charge in [0.05, 0.1) is 6.61 Å². The number of hydrogen-bond acceptors (Lipinski definition) is 4. The Bertz CT molecular complexity index is 531. The molecule has 0 aliphatic rings. The standard InChI is InChI=1S/C17H26N2O4/c1-12-9-14(6-7-15(12)5-4-8-23-3)10-18-17(22)16(11-20)19-13(2)21/h6-7,9,16,20H,4-5,8,10-11H2,1-3H3,(H,18,22)(H,19,21). The van der Waals surface area contributed by atoms with E-state index in [0.29, 0.717) is 6.54 Å². The maximum absolute atomic E-state index is 11.9. The van der Waals surface area contributed by atoms with E-state index in [1.807, 2.05) is 19.1 Å². The molecule has 0 aliphatic carbocycles. The van der Waals surface area contributed by atoms with Gasteiger partial charge >= 0.3 is 0 Å². The number of nitrogens with one attached hydrogen (secondary N) is 2. The zero-order chi connectivity index (χ0) is 17.2. The van der Waals surface area contributed by atoms with E-state index in [1.54, 1.807) is 7.11 Å². The van der Waals surface area contributed by atoms with E-state index >= 15 is 0 Å². The monoisotopic (exact) mass is 322 g/mol. The summed E-state index contributed by atoms with van der Waals surface area (Å²) in [7, 11) is 1.69. The molecule has 0 heterocycles. The summed E-state index contributed by atoms with van der Waals surface area (Å²) in [6.45, 7) is 4.02. The number of hydrogen-bond donors (Lipinski definition) is 3. The third-order valence-corrected chi connectivity index (χ3v) is 3.54. The van der Waals surface area contributed by atoms with Gasteiger partial charge in [0.15, 0.2) is 0 Å². The van der Waals surface area contributed by atoms with Gasteiger partial charge in [-0.05, 0) is 36.5 Å². The molecule has 0 aromatic heterocycles. The third kappa shape index (κ3) is 6.80. The van der Waals surface area contributed by atoms with Crippen LogP contribution in [0.2, 0.25) is 0 Å². The smallest absolute Gasteiger partial charge is 0.245 e. The van der Waals surface area contributed by atoms with E-state index in [9.17, 15) is 9.59 Å². The number of amides is 2. The van der Waals surface area contributed by atoms with Crippen LogP contribution in [0, 0.1) is 6.92 Å². The Balaban J connectivity index is 2.55. The van der Waals surface area contributed by atoms with Crippen LogP contribution >= 0.6 is 0 Å². The molecule has 6 heteroatoms. The van der Waals surface area contributed by atoms with Gasteiger partial charge in [-0.3, -0.25) is 9.59 Å². The fourth-order valence-corrected chi connectivity index (χ4v) is 2.31. The summed E-state index contributed by atoms with van der Waals surface area (Å²) < 4.78 is 5.05. The maximum Gasteiger partial charge on any atom is 0.245 e. The second-order valence-corrected chi connectivity index (χ2v) is 5.51. The highest BCUT2D eigenvalue weighted by atomic mass is 16.5. The van der Waals surface area contributed by atoms with Crippen molar-refractivity contribution in [1.82, 2.24) is 10.6 Å². The van der Waals surface area contributed by atoms with Crippen molar-refractivity contribution >= 4 is 11.8 Å². The van der Waals surface area contributed by atoms with Crippen molar-refractivity contribution in [2.75, 3.05) is 20.3 Å². The van der Waals surface area contributed by atoms with Crippen LogP contribution in [0.5, 0.6) is 0 Å². The van der Waals surface area contributed by atoms with Gasteiger partial charge in [-0.15, -0.1) is 0 Å². The number of carbonyl (C=O) groups is 2. The van der Waals surface area contributed by atoms with Gasteiger partial charge in [0, 0.05) is 27.2 Å². The molecule has 1 rings (SSSR count). The summed E-state index contributed by atoms with van der Waals surface area (Å²) in [4.78, 5) is 22.9. The van der Waals surface area contributed by atoms with Gasteiger partial charge in [-0.25, -0.2) is 0 Å². The number of methoxy groups -OCH3 is 1. The molecule has 0 bridgehead atoms. The Morgan fingerprint density at radius 2 is 2.09 bits per heavy atom. The van der Waals surface area contributed by atoms with E-state index < -0.39 is 18.6 Å². The molecule has 1 aromatic rings. The van der Waals surface area contributed by atoms with E-state index in [0.717, 1.165) is 25.0 Å². The highest BCUT2D eigenvalue weighted by Crippen LogP contribution is 2.13. The number of aliphatic hydroxyl groups is 1. The van der Waals surface area contributed by atoms with Gasteiger partial charge in [0.2, 0.25) is 11.8 Å². The molecular weight excluding hydrogens is 296 g/mol. The topological polar surface area (TPSA) is 87.7 Å². The van der Waals surface area contributed by atoms with Crippen LogP contribution in [0.4, 0.5) is 0 Å². The summed E-state index contributed by atoms with van der Waals surface area (Å²) in [5.41, 5.74) is 3.42. The Kier molecular flexibility index (Phi) is 8.29. The molecule has 0 spiro atoms. The van der Waals surface area contributed by atoms with E-state index in [2.05, 4.69) is 16.7 Å². The summed E-state index contributed by atoms with van der Waals surface area (Å²) in [6.07, 6.45) is 1.93. The molecule has 1 atom stereocenters. The number of aryl methyl sites for hydroxylation is 2. The van der Waals surface area contributed by atoms with Gasteiger partial charge < -0.3 is 20.5 Å². The Hall–Kier alpha value is -1.92. The molecule has 0 saturated heterocycles. The first-order valence-electron chi connectivity index (χ1n) is 7.71. The second-order valence-electron chi connectivity index (χ2n) is 5.51. The minimum Gasteiger partial charge on any atom is -0.394 e. The SMILES string of the molecule is COCCCc1ccc(CNC(=O)C(CO)NC(C)=O)cc1C. The summed E-state index contributed by atoms with van der Waals surface area (Å²) >= 11 is 0. The van der Waals surface area contributed by atoms with Crippen molar-refractivity contribution in [3.63, 3.8) is 0 Å². The minimum atomic E-state index is -0.915. The number of benzene rings is 1. The molecule has 128 valence electrons. The number of ether oxygens (including phenoxy) is 1. The predicted molar refractivity (Wildman–Crippen MR) is 87.9 cm³/mol. The lowest BCUT2D eigenvalue weighted by Crippen LogP contribution is -2.48. The first kappa shape index (κ1) is 19.1. The van der Waals surface area contributed by atoms with Crippen LogP contribution < -0.4 is 10.6 Å². The van der Waals surface area contributed by atoms with Crippen molar-refractivity contribution < 1.29 is 19.4 Å². The number of aliphatic hydroxyl groups excluding tert-OH is 1. The Morgan fingerprint density at radius 1 is 1.35 bits per heavy atom. The van der Waals surface area contributed by atoms with Crippen LogP contribution in [-0.4, -0.2) is 43.3 Å². The second kappa shape index (κ2) is 9.97. The van der Waals surface area contributed by atoms with E-state index in [4.69, 9.17) is 9.84 Å². The van der Waals surface area contributed by atoms with Crippen LogP contribution in [0.1, 0.15) is 30.0 Å². The van der Waals surface area contributed by atoms with E-state index in [1.165, 1.54) is 18.1 Å². The fourth-order valence-electron chi connectivity index (χ4n) is 2.31. The molecule has 0 aliphatic heterocycles. The van der Waals surface area contributed by atoms with Crippen molar-refractivity contribution in [2.45, 2.75) is 39.3 Å². The molecular formula is C17H26N2O4. The molecule has 3 N–H and O–H groups in total. The average molecular weight is 322 g/mol. The molecule has 0 fully saturated rings. The lowest BCUT2D eigenvalue weighted by atomic mass is 10.0. The quantitative estimate of drug-likeness (QED) is 0.584. The first-order chi connectivity index (χ1) is 11.0. The zero-order valence-electron chi connectivity index (χ0n) is 14.0. The van der Waals surface area contributed by atoms with Gasteiger partial charge in [-0.2, -0.15) is 0 Å². The van der Waals surface area contributed by atoms with Gasteiger partial charge in [0.25, 0.3) is 0 Å². The Labute approximate surface area is 137 Å². The maximum atomic E-state index is 11.9. The van der Waals surface area contributed by atoms with Crippen LogP contribution in [0.15, 0.2) is 18.2 Å². The predicted octanol–water partition coefficient (Wildman–Crippen LogP) is 0.687.